The van der Waals surface area contributed by atoms with Gasteiger partial charge in [0.2, 0.25) is 5.95 Å². The maximum atomic E-state index is 5.48. The smallest absolute Gasteiger partial charge is 0.225 e. The van der Waals surface area contributed by atoms with E-state index in [-0.39, 0.29) is 6.10 Å². The van der Waals surface area contributed by atoms with E-state index in [0.29, 0.717) is 0 Å². The predicted molar refractivity (Wildman–Crippen MR) is 62.4 cm³/mol. The Bertz CT molecular complexity index is 327. The Kier molecular flexibility index (Phi) is 3.69. The van der Waals surface area contributed by atoms with Crippen LogP contribution in [-0.2, 0) is 11.3 Å². The van der Waals surface area contributed by atoms with Gasteiger partial charge in [-0.25, -0.2) is 9.97 Å². The Morgan fingerprint density at radius 3 is 2.88 bits per heavy atom. The third-order valence-electron chi connectivity index (χ3n) is 2.60. The van der Waals surface area contributed by atoms with Gasteiger partial charge in [0, 0.05) is 37.6 Å². The summed E-state index contributed by atoms with van der Waals surface area (Å²) in [6, 6.07) is 0. The molecular formula is C11H18N4O. The van der Waals surface area contributed by atoms with E-state index >= 15 is 0 Å². The molecule has 5 nitrogen and oxygen atoms in total. The number of rotatable bonds is 3. The zero-order valence-corrected chi connectivity index (χ0v) is 9.81. The topological polar surface area (TPSA) is 50.3 Å². The molecule has 1 fully saturated rings. The van der Waals surface area contributed by atoms with E-state index in [4.69, 9.17) is 4.74 Å². The molecule has 1 saturated heterocycles. The van der Waals surface area contributed by atoms with Gasteiger partial charge in [-0.15, -0.1) is 0 Å². The van der Waals surface area contributed by atoms with Crippen LogP contribution < -0.4 is 10.2 Å². The van der Waals surface area contributed by atoms with Crippen molar-refractivity contribution in [3.63, 3.8) is 0 Å². The van der Waals surface area contributed by atoms with E-state index in [0.717, 1.165) is 37.8 Å². The van der Waals surface area contributed by atoms with Crippen LogP contribution in [0.25, 0.3) is 0 Å². The van der Waals surface area contributed by atoms with Crippen molar-refractivity contribution in [2.24, 2.45) is 0 Å². The Labute approximate surface area is 95.8 Å². The normalized spacial score (nSPS) is 21.1. The zero-order chi connectivity index (χ0) is 11.4. The van der Waals surface area contributed by atoms with Crippen LogP contribution in [0.3, 0.4) is 0 Å². The third kappa shape index (κ3) is 2.68. The molecule has 0 aliphatic carbocycles. The first-order valence-electron chi connectivity index (χ1n) is 5.61. The molecule has 88 valence electrons. The van der Waals surface area contributed by atoms with Crippen LogP contribution in [0.1, 0.15) is 12.5 Å². The summed E-state index contributed by atoms with van der Waals surface area (Å²) in [5.74, 6) is 0.801. The summed E-state index contributed by atoms with van der Waals surface area (Å²) in [6.45, 7) is 5.37. The summed E-state index contributed by atoms with van der Waals surface area (Å²) in [4.78, 5) is 10.9. The molecule has 2 rings (SSSR count). The monoisotopic (exact) mass is 222 g/mol. The van der Waals surface area contributed by atoms with E-state index in [1.165, 1.54) is 0 Å². The van der Waals surface area contributed by atoms with Crippen molar-refractivity contribution in [3.05, 3.63) is 18.0 Å². The molecule has 1 aromatic heterocycles. The molecule has 0 radical (unpaired) electrons. The summed E-state index contributed by atoms with van der Waals surface area (Å²) in [5, 5.41) is 3.08. The number of nitrogens with one attached hydrogen (secondary N) is 1. The molecule has 0 amide bonds. The van der Waals surface area contributed by atoms with Crippen LogP contribution in [-0.4, -0.2) is 42.8 Å². The van der Waals surface area contributed by atoms with Crippen molar-refractivity contribution in [1.29, 1.82) is 0 Å². The van der Waals surface area contributed by atoms with Gasteiger partial charge < -0.3 is 15.0 Å². The second-order valence-electron chi connectivity index (χ2n) is 4.05. The summed E-state index contributed by atoms with van der Waals surface area (Å²) in [7, 11) is 1.91. The molecule has 1 aromatic rings. The van der Waals surface area contributed by atoms with Gasteiger partial charge in [0.1, 0.15) is 0 Å². The molecule has 0 aromatic carbocycles. The minimum absolute atomic E-state index is 0.259. The fourth-order valence-corrected chi connectivity index (χ4v) is 1.81. The van der Waals surface area contributed by atoms with E-state index in [9.17, 15) is 0 Å². The van der Waals surface area contributed by atoms with E-state index in [1.807, 2.05) is 19.4 Å². The van der Waals surface area contributed by atoms with Crippen LogP contribution >= 0.6 is 0 Å². The lowest BCUT2D eigenvalue weighted by molar-refractivity contribution is 0.0526. The highest BCUT2D eigenvalue weighted by atomic mass is 16.5. The first-order chi connectivity index (χ1) is 7.79. The summed E-state index contributed by atoms with van der Waals surface area (Å²) in [5.41, 5.74) is 1.10. The van der Waals surface area contributed by atoms with Crippen molar-refractivity contribution in [2.45, 2.75) is 19.6 Å². The van der Waals surface area contributed by atoms with Gasteiger partial charge in [0.05, 0.1) is 12.7 Å². The van der Waals surface area contributed by atoms with Crippen molar-refractivity contribution in [2.75, 3.05) is 31.6 Å². The number of anilines is 1. The average molecular weight is 222 g/mol. The highest BCUT2D eigenvalue weighted by molar-refractivity contribution is 5.30. The molecule has 1 aliphatic rings. The zero-order valence-electron chi connectivity index (χ0n) is 9.81. The van der Waals surface area contributed by atoms with Gasteiger partial charge in [0.25, 0.3) is 0 Å². The Balaban J connectivity index is 2.03. The standard InChI is InChI=1S/C11H18N4O/c1-9-8-15(3-4-16-9)11-13-6-10(5-12-2)7-14-11/h6-7,9,12H,3-5,8H2,1-2H3. The predicted octanol–water partition coefficient (Wildman–Crippen LogP) is 0.421. The van der Waals surface area contributed by atoms with Crippen LogP contribution in [0.5, 0.6) is 0 Å². The van der Waals surface area contributed by atoms with Gasteiger partial charge in [-0.3, -0.25) is 0 Å². The molecule has 0 saturated carbocycles. The lowest BCUT2D eigenvalue weighted by Gasteiger charge is -2.31. The third-order valence-corrected chi connectivity index (χ3v) is 2.60. The van der Waals surface area contributed by atoms with Crippen molar-refractivity contribution < 1.29 is 4.74 Å². The fraction of sp³-hybridized carbons (Fsp3) is 0.636. The number of ether oxygens (including phenoxy) is 1. The summed E-state index contributed by atoms with van der Waals surface area (Å²) < 4.78 is 5.48. The van der Waals surface area contributed by atoms with E-state index in [1.54, 1.807) is 0 Å². The van der Waals surface area contributed by atoms with Crippen molar-refractivity contribution >= 4 is 5.95 Å². The molecule has 1 aliphatic heterocycles. The molecular weight excluding hydrogens is 204 g/mol. The van der Waals surface area contributed by atoms with Gasteiger partial charge in [-0.1, -0.05) is 0 Å². The number of hydrogen-bond acceptors (Lipinski definition) is 5. The average Bonchev–Trinajstić information content (AvgIpc) is 2.30. The largest absolute Gasteiger partial charge is 0.375 e. The van der Waals surface area contributed by atoms with Crippen LogP contribution in [0.15, 0.2) is 12.4 Å². The minimum atomic E-state index is 0.259. The second kappa shape index (κ2) is 5.23. The quantitative estimate of drug-likeness (QED) is 0.803. The van der Waals surface area contributed by atoms with Crippen molar-refractivity contribution in [3.8, 4) is 0 Å². The molecule has 1 unspecified atom stereocenters. The minimum Gasteiger partial charge on any atom is -0.375 e. The Morgan fingerprint density at radius 2 is 2.25 bits per heavy atom. The summed E-state index contributed by atoms with van der Waals surface area (Å²) in [6.07, 6.45) is 4.01. The first kappa shape index (κ1) is 11.3. The fourth-order valence-electron chi connectivity index (χ4n) is 1.81. The molecule has 16 heavy (non-hydrogen) atoms. The number of nitrogens with zero attached hydrogens (tertiary/aromatic N) is 3. The van der Waals surface area contributed by atoms with Crippen LogP contribution in [0.4, 0.5) is 5.95 Å². The number of aromatic nitrogens is 2. The molecule has 5 heteroatoms. The molecule has 0 spiro atoms. The highest BCUT2D eigenvalue weighted by Gasteiger charge is 2.18. The Hall–Kier alpha value is -1.20. The second-order valence-corrected chi connectivity index (χ2v) is 4.05. The van der Waals surface area contributed by atoms with Gasteiger partial charge in [-0.2, -0.15) is 0 Å². The van der Waals surface area contributed by atoms with Crippen LogP contribution in [0, 0.1) is 0 Å². The van der Waals surface area contributed by atoms with E-state index in [2.05, 4.69) is 27.1 Å². The molecule has 1 N–H and O–H groups in total. The van der Waals surface area contributed by atoms with Gasteiger partial charge in [-0.05, 0) is 14.0 Å². The number of morpholine rings is 1. The van der Waals surface area contributed by atoms with Gasteiger partial charge in [0.15, 0.2) is 0 Å². The molecule has 2 heterocycles. The maximum Gasteiger partial charge on any atom is 0.225 e. The van der Waals surface area contributed by atoms with Crippen LogP contribution in [0.2, 0.25) is 0 Å². The number of hydrogen-bond donors (Lipinski definition) is 1. The summed E-state index contributed by atoms with van der Waals surface area (Å²) >= 11 is 0. The maximum absolute atomic E-state index is 5.48. The molecule has 0 bridgehead atoms. The lowest BCUT2D eigenvalue weighted by Crippen LogP contribution is -2.42. The highest BCUT2D eigenvalue weighted by Crippen LogP contribution is 2.12. The molecule has 1 atom stereocenters. The van der Waals surface area contributed by atoms with Gasteiger partial charge >= 0.3 is 0 Å². The Morgan fingerprint density at radius 1 is 1.50 bits per heavy atom. The lowest BCUT2D eigenvalue weighted by atomic mass is 10.3. The van der Waals surface area contributed by atoms with E-state index < -0.39 is 0 Å². The van der Waals surface area contributed by atoms with Crippen molar-refractivity contribution in [1.82, 2.24) is 15.3 Å². The SMILES string of the molecule is CNCc1cnc(N2CCOC(C)C2)nc1. The first-order valence-corrected chi connectivity index (χ1v) is 5.61.